The molecule has 7 heavy (non-hydrogen) atoms. The van der Waals surface area contributed by atoms with Crippen LogP contribution in [0.1, 0.15) is 0 Å². The maximum atomic E-state index is 4.07. The summed E-state index contributed by atoms with van der Waals surface area (Å²) in [5.74, 6) is 0. The largest absolute Gasteiger partial charge is 0.284 e. The molecule has 2 nitrogen and oxygen atoms in total. The van der Waals surface area contributed by atoms with Crippen LogP contribution in [0, 0.1) is 0 Å². The van der Waals surface area contributed by atoms with E-state index in [1.54, 1.807) is 10.6 Å². The number of rotatable bonds is 0. The zero-order valence-corrected chi connectivity index (χ0v) is 5.96. The van der Waals surface area contributed by atoms with Crippen molar-refractivity contribution in [1.82, 2.24) is 4.31 Å². The second-order valence-corrected chi connectivity index (χ2v) is 3.20. The van der Waals surface area contributed by atoms with Gasteiger partial charge in [-0.2, -0.15) is 0 Å². The predicted molar refractivity (Wildman–Crippen MR) is 39.7 cm³/mol. The summed E-state index contributed by atoms with van der Waals surface area (Å²) in [6.07, 6.45) is 1.63. The molecule has 1 aliphatic heterocycles. The summed E-state index contributed by atoms with van der Waals surface area (Å²) >= 11 is 9.44. The molecule has 0 aromatic carbocycles. The molecule has 0 aliphatic carbocycles. The summed E-state index contributed by atoms with van der Waals surface area (Å²) in [7, 11) is 0. The van der Waals surface area contributed by atoms with Crippen LogP contribution in [-0.2, 0) is 0 Å². The Kier molecular flexibility index (Phi) is 1.77. The van der Waals surface area contributed by atoms with Gasteiger partial charge in [0.25, 0.3) is 0 Å². The van der Waals surface area contributed by atoms with Crippen LogP contribution in [0.3, 0.4) is 0 Å². The minimum Gasteiger partial charge on any atom is -0.284 e. The summed E-state index contributed by atoms with van der Waals surface area (Å²) < 4.78 is 5.54. The van der Waals surface area contributed by atoms with Gasteiger partial charge in [-0.05, 0) is 0 Å². The van der Waals surface area contributed by atoms with Gasteiger partial charge in [-0.15, -0.1) is 12.6 Å². The monoisotopic (exact) mass is 152 g/mol. The average molecular weight is 152 g/mol. The summed E-state index contributed by atoms with van der Waals surface area (Å²) in [6.45, 7) is 0. The van der Waals surface area contributed by atoms with Crippen molar-refractivity contribution in [2.75, 3.05) is 0 Å². The maximum absolute atomic E-state index is 4.07. The zero-order chi connectivity index (χ0) is 5.28. The summed E-state index contributed by atoms with van der Waals surface area (Å²) in [5, 5.41) is 0. The Morgan fingerprint density at radius 1 is 1.86 bits per heavy atom. The van der Waals surface area contributed by atoms with E-state index in [-0.39, 0.29) is 4.71 Å². The first kappa shape index (κ1) is 5.65. The van der Waals surface area contributed by atoms with Crippen LogP contribution in [0.25, 0.3) is 0 Å². The molecule has 0 amide bonds. The van der Waals surface area contributed by atoms with Gasteiger partial charge in [-0.1, -0.05) is 12.8 Å². The van der Waals surface area contributed by atoms with Crippen LogP contribution in [-0.4, -0.2) is 15.3 Å². The fourth-order valence-electron chi connectivity index (χ4n) is 0.235. The number of hydrogen-bond donors (Lipinski definition) is 2. The first-order chi connectivity index (χ1) is 3.30. The number of nitrogens with zero attached hydrogens (tertiary/aromatic N) is 2. The van der Waals surface area contributed by atoms with Crippen LogP contribution in [0.15, 0.2) is 4.40 Å². The van der Waals surface area contributed by atoms with Gasteiger partial charge in [0.05, 0.1) is 0 Å². The molecule has 1 heterocycles. The summed E-state index contributed by atoms with van der Waals surface area (Å²) in [5.41, 5.74) is 0. The van der Waals surface area contributed by atoms with Crippen molar-refractivity contribution < 1.29 is 0 Å². The molecule has 1 atom stereocenters. The van der Waals surface area contributed by atoms with E-state index >= 15 is 0 Å². The SMILES string of the molecule is SC1SN=CN1S. The lowest BCUT2D eigenvalue weighted by atomic mass is 11.2. The second kappa shape index (κ2) is 2.19. The predicted octanol–water partition coefficient (Wildman–Crippen LogP) is 1.04. The van der Waals surface area contributed by atoms with Crippen molar-refractivity contribution in [3.8, 4) is 0 Å². The van der Waals surface area contributed by atoms with Crippen LogP contribution < -0.4 is 0 Å². The van der Waals surface area contributed by atoms with Crippen LogP contribution in [0.2, 0.25) is 0 Å². The highest BCUT2D eigenvalue weighted by Crippen LogP contribution is 2.25. The quantitative estimate of drug-likeness (QED) is 0.398. The third-order valence-electron chi connectivity index (χ3n) is 0.547. The van der Waals surface area contributed by atoms with Crippen molar-refractivity contribution in [3.05, 3.63) is 0 Å². The molecule has 0 aromatic rings. The fourth-order valence-corrected chi connectivity index (χ4v) is 1.12. The van der Waals surface area contributed by atoms with Crippen molar-refractivity contribution in [3.63, 3.8) is 0 Å². The van der Waals surface area contributed by atoms with Crippen LogP contribution in [0.5, 0.6) is 0 Å². The molecule has 0 bridgehead atoms. The van der Waals surface area contributed by atoms with Gasteiger partial charge in [0.2, 0.25) is 0 Å². The van der Waals surface area contributed by atoms with E-state index in [4.69, 9.17) is 0 Å². The van der Waals surface area contributed by atoms with Crippen molar-refractivity contribution >= 4 is 43.7 Å². The lowest BCUT2D eigenvalue weighted by molar-refractivity contribution is 0.827. The first-order valence-electron chi connectivity index (χ1n) is 1.65. The Morgan fingerprint density at radius 3 is 2.71 bits per heavy atom. The fraction of sp³-hybridized carbons (Fsp3) is 0.500. The third kappa shape index (κ3) is 1.20. The van der Waals surface area contributed by atoms with E-state index in [9.17, 15) is 0 Å². The topological polar surface area (TPSA) is 15.6 Å². The molecule has 1 aliphatic rings. The van der Waals surface area contributed by atoms with E-state index in [2.05, 4.69) is 29.8 Å². The summed E-state index contributed by atoms with van der Waals surface area (Å²) in [4.78, 5) is 0. The van der Waals surface area contributed by atoms with Gasteiger partial charge in [-0.25, -0.2) is 4.40 Å². The molecule has 1 rings (SSSR count). The zero-order valence-electron chi connectivity index (χ0n) is 3.35. The minimum absolute atomic E-state index is 0.100. The minimum atomic E-state index is 0.100. The molecule has 0 fully saturated rings. The van der Waals surface area contributed by atoms with Crippen molar-refractivity contribution in [2.45, 2.75) is 4.71 Å². The summed E-state index contributed by atoms with van der Waals surface area (Å²) in [6, 6.07) is 0. The van der Waals surface area contributed by atoms with Gasteiger partial charge in [0, 0.05) is 11.9 Å². The standard InChI is InChI=1S/C2H4N2S3/c5-2-4(6)1-3-7-2/h1-2,5-6H. The van der Waals surface area contributed by atoms with Crippen LogP contribution >= 0.6 is 37.4 Å². The van der Waals surface area contributed by atoms with E-state index < -0.39 is 0 Å². The molecular weight excluding hydrogens is 148 g/mol. The smallest absolute Gasteiger partial charge is 0.151 e. The normalized spacial score (nSPS) is 29.4. The first-order valence-corrected chi connectivity index (χ1v) is 3.40. The van der Waals surface area contributed by atoms with Gasteiger partial charge in [0.15, 0.2) is 4.71 Å². The lowest BCUT2D eigenvalue weighted by Crippen LogP contribution is -2.10. The molecule has 1 unspecified atom stereocenters. The Morgan fingerprint density at radius 2 is 2.57 bits per heavy atom. The average Bonchev–Trinajstić information content (AvgIpc) is 1.91. The second-order valence-electron chi connectivity index (χ2n) is 1.03. The maximum Gasteiger partial charge on any atom is 0.151 e. The third-order valence-corrected chi connectivity index (χ3v) is 2.38. The lowest BCUT2D eigenvalue weighted by Gasteiger charge is -2.07. The molecular formula is C2H4N2S3. The number of thiol groups is 2. The Balaban J connectivity index is 2.45. The highest BCUT2D eigenvalue weighted by molar-refractivity contribution is 8.10. The van der Waals surface area contributed by atoms with Crippen LogP contribution in [0.4, 0.5) is 0 Å². The highest BCUT2D eigenvalue weighted by atomic mass is 32.2. The molecule has 0 saturated heterocycles. The Hall–Kier alpha value is 0.520. The number of hydrogen-bond acceptors (Lipinski definition) is 5. The van der Waals surface area contributed by atoms with E-state index in [1.165, 1.54) is 11.9 Å². The van der Waals surface area contributed by atoms with Gasteiger partial charge >= 0.3 is 0 Å². The van der Waals surface area contributed by atoms with Crippen molar-refractivity contribution in [2.24, 2.45) is 4.40 Å². The van der Waals surface area contributed by atoms with Crippen molar-refractivity contribution in [1.29, 1.82) is 0 Å². The van der Waals surface area contributed by atoms with Gasteiger partial charge in [-0.3, -0.25) is 4.31 Å². The highest BCUT2D eigenvalue weighted by Gasteiger charge is 2.12. The molecule has 0 saturated carbocycles. The van der Waals surface area contributed by atoms with E-state index in [0.717, 1.165) is 0 Å². The van der Waals surface area contributed by atoms with E-state index in [1.807, 2.05) is 0 Å². The van der Waals surface area contributed by atoms with Gasteiger partial charge < -0.3 is 0 Å². The Labute approximate surface area is 57.5 Å². The Bertz CT molecular complexity index is 92.9. The van der Waals surface area contributed by atoms with Gasteiger partial charge in [0.1, 0.15) is 6.34 Å². The molecule has 0 aromatic heterocycles. The molecule has 0 N–H and O–H groups in total. The molecule has 0 spiro atoms. The molecule has 0 radical (unpaired) electrons. The van der Waals surface area contributed by atoms with E-state index in [0.29, 0.717) is 0 Å². The molecule has 40 valence electrons. The molecule has 5 heteroatoms.